The minimum absolute atomic E-state index is 0.0211. The standard InChI is InChI=1S/C20H18N4O3S/c1-2-12-5-7-13(8-6-12)22-19(25)14-11-21-24-16(17-4-3-9-28-17)10-15(20(26)27)23-18(14)24/h3-11,16,23H,2H2,1H3,(H,22,25)(H,26,27)/t16-/m0/s1. The number of thiophene rings is 1. The Kier molecular flexibility index (Phi) is 4.70. The maximum absolute atomic E-state index is 12.8. The van der Waals surface area contributed by atoms with Gasteiger partial charge in [0.15, 0.2) is 0 Å². The van der Waals surface area contributed by atoms with Crippen molar-refractivity contribution >= 4 is 34.7 Å². The van der Waals surface area contributed by atoms with E-state index in [9.17, 15) is 14.7 Å². The zero-order valence-corrected chi connectivity index (χ0v) is 15.9. The first-order chi connectivity index (χ1) is 13.6. The van der Waals surface area contributed by atoms with Crippen molar-refractivity contribution in [3.05, 3.63) is 75.8 Å². The van der Waals surface area contributed by atoms with Crippen LogP contribution in [0, 0.1) is 0 Å². The molecule has 1 atom stereocenters. The Morgan fingerprint density at radius 3 is 2.71 bits per heavy atom. The lowest BCUT2D eigenvalue weighted by atomic mass is 10.1. The van der Waals surface area contributed by atoms with Crippen molar-refractivity contribution in [2.24, 2.45) is 0 Å². The van der Waals surface area contributed by atoms with Crippen molar-refractivity contribution in [2.75, 3.05) is 10.6 Å². The van der Waals surface area contributed by atoms with E-state index in [2.05, 4.69) is 22.7 Å². The highest BCUT2D eigenvalue weighted by molar-refractivity contribution is 7.10. The molecule has 2 aromatic heterocycles. The molecule has 1 aromatic carbocycles. The third-order valence-electron chi connectivity index (χ3n) is 4.57. The molecule has 0 unspecified atom stereocenters. The summed E-state index contributed by atoms with van der Waals surface area (Å²) in [4.78, 5) is 25.3. The number of allylic oxidation sites excluding steroid dienone is 1. The highest BCUT2D eigenvalue weighted by atomic mass is 32.1. The monoisotopic (exact) mass is 394 g/mol. The third kappa shape index (κ3) is 3.29. The Balaban J connectivity index is 1.66. The number of hydrogen-bond acceptors (Lipinski definition) is 5. The summed E-state index contributed by atoms with van der Waals surface area (Å²) < 4.78 is 1.63. The van der Waals surface area contributed by atoms with E-state index in [0.29, 0.717) is 11.5 Å². The van der Waals surface area contributed by atoms with Gasteiger partial charge in [0.2, 0.25) is 0 Å². The van der Waals surface area contributed by atoms with E-state index in [1.165, 1.54) is 23.1 Å². The van der Waals surface area contributed by atoms with E-state index in [-0.39, 0.29) is 23.2 Å². The summed E-state index contributed by atoms with van der Waals surface area (Å²) in [5, 5.41) is 21.4. The topological polar surface area (TPSA) is 96.3 Å². The lowest BCUT2D eigenvalue weighted by Gasteiger charge is -2.23. The van der Waals surface area contributed by atoms with Gasteiger partial charge in [0.05, 0.1) is 6.20 Å². The molecule has 142 valence electrons. The number of benzene rings is 1. The smallest absolute Gasteiger partial charge is 0.352 e. The van der Waals surface area contributed by atoms with E-state index >= 15 is 0 Å². The third-order valence-corrected chi connectivity index (χ3v) is 5.51. The van der Waals surface area contributed by atoms with Gasteiger partial charge < -0.3 is 15.7 Å². The normalized spacial score (nSPS) is 15.3. The summed E-state index contributed by atoms with van der Waals surface area (Å²) >= 11 is 1.50. The molecule has 0 saturated heterocycles. The number of carbonyl (C=O) groups is 2. The molecule has 3 N–H and O–H groups in total. The molecule has 4 rings (SSSR count). The van der Waals surface area contributed by atoms with Crippen molar-refractivity contribution in [3.63, 3.8) is 0 Å². The second-order valence-electron chi connectivity index (χ2n) is 6.33. The fraction of sp³-hybridized carbons (Fsp3) is 0.150. The van der Waals surface area contributed by atoms with Gasteiger partial charge in [-0.05, 0) is 41.6 Å². The number of nitrogens with zero attached hydrogens (tertiary/aromatic N) is 2. The van der Waals surface area contributed by atoms with Crippen LogP contribution in [0.1, 0.15) is 33.8 Å². The van der Waals surface area contributed by atoms with Gasteiger partial charge in [-0.3, -0.25) is 4.79 Å². The summed E-state index contributed by atoms with van der Waals surface area (Å²) in [6.45, 7) is 2.07. The highest BCUT2D eigenvalue weighted by Crippen LogP contribution is 2.34. The largest absolute Gasteiger partial charge is 0.477 e. The SMILES string of the molecule is CCc1ccc(NC(=O)c2cnn3c2NC(C(=O)O)=C[C@H]3c2cccs2)cc1. The predicted molar refractivity (Wildman–Crippen MR) is 108 cm³/mol. The fourth-order valence-corrected chi connectivity index (χ4v) is 3.85. The van der Waals surface area contributed by atoms with Gasteiger partial charge in [-0.15, -0.1) is 11.3 Å². The number of fused-ring (bicyclic) bond motifs is 1. The molecule has 3 aromatic rings. The van der Waals surface area contributed by atoms with E-state index in [1.54, 1.807) is 10.8 Å². The molecule has 0 saturated carbocycles. The molecular formula is C20H18N4O3S. The zero-order valence-electron chi connectivity index (χ0n) is 15.0. The van der Waals surface area contributed by atoms with Crippen LogP contribution in [-0.4, -0.2) is 26.8 Å². The van der Waals surface area contributed by atoms with Gasteiger partial charge in [-0.2, -0.15) is 5.10 Å². The van der Waals surface area contributed by atoms with Crippen LogP contribution in [0.4, 0.5) is 11.5 Å². The van der Waals surface area contributed by atoms with Crippen LogP contribution in [0.15, 0.2) is 59.7 Å². The van der Waals surface area contributed by atoms with Crippen molar-refractivity contribution < 1.29 is 14.7 Å². The summed E-state index contributed by atoms with van der Waals surface area (Å²) in [6, 6.07) is 11.0. The van der Waals surface area contributed by atoms with Crippen molar-refractivity contribution in [3.8, 4) is 0 Å². The van der Waals surface area contributed by atoms with Gasteiger partial charge in [-0.25, -0.2) is 9.48 Å². The Bertz CT molecular complexity index is 1050. The minimum Gasteiger partial charge on any atom is -0.477 e. The number of amides is 1. The Morgan fingerprint density at radius 2 is 2.07 bits per heavy atom. The average Bonchev–Trinajstić information content (AvgIpc) is 3.37. The number of aliphatic carboxylic acids is 1. The number of carbonyl (C=O) groups excluding carboxylic acids is 1. The second kappa shape index (κ2) is 7.32. The van der Waals surface area contributed by atoms with Crippen molar-refractivity contribution in [1.82, 2.24) is 9.78 Å². The first-order valence-electron chi connectivity index (χ1n) is 8.80. The molecule has 0 fully saturated rings. The maximum Gasteiger partial charge on any atom is 0.352 e. The molecule has 0 aliphatic carbocycles. The molecule has 3 heterocycles. The molecule has 0 bridgehead atoms. The lowest BCUT2D eigenvalue weighted by molar-refractivity contribution is -0.132. The molecule has 7 nitrogen and oxygen atoms in total. The number of nitrogens with one attached hydrogen (secondary N) is 2. The number of hydrogen-bond donors (Lipinski definition) is 3. The number of carboxylic acids is 1. The van der Waals surface area contributed by atoms with Crippen LogP contribution in [0.5, 0.6) is 0 Å². The number of aromatic nitrogens is 2. The number of rotatable bonds is 5. The number of anilines is 2. The van der Waals surface area contributed by atoms with Gasteiger partial charge in [-0.1, -0.05) is 25.1 Å². The van der Waals surface area contributed by atoms with Crippen LogP contribution < -0.4 is 10.6 Å². The van der Waals surface area contributed by atoms with E-state index in [4.69, 9.17) is 0 Å². The quantitative estimate of drug-likeness (QED) is 0.613. The average molecular weight is 394 g/mol. The van der Waals surface area contributed by atoms with Crippen LogP contribution in [0.2, 0.25) is 0 Å². The van der Waals surface area contributed by atoms with Crippen LogP contribution in [0.25, 0.3) is 0 Å². The number of aryl methyl sites for hydroxylation is 1. The Hall–Kier alpha value is -3.39. The zero-order chi connectivity index (χ0) is 19.7. The Labute approximate surface area is 165 Å². The molecule has 28 heavy (non-hydrogen) atoms. The maximum atomic E-state index is 12.8. The van der Waals surface area contributed by atoms with Gasteiger partial charge >= 0.3 is 5.97 Å². The van der Waals surface area contributed by atoms with E-state index < -0.39 is 5.97 Å². The molecular weight excluding hydrogens is 376 g/mol. The van der Waals surface area contributed by atoms with Gasteiger partial charge in [0.1, 0.15) is 23.1 Å². The molecule has 1 aliphatic rings. The summed E-state index contributed by atoms with van der Waals surface area (Å²) in [5.74, 6) is -1.08. The minimum atomic E-state index is -1.09. The van der Waals surface area contributed by atoms with Crippen molar-refractivity contribution in [1.29, 1.82) is 0 Å². The van der Waals surface area contributed by atoms with Gasteiger partial charge in [0, 0.05) is 10.6 Å². The Morgan fingerprint density at radius 1 is 1.29 bits per heavy atom. The molecule has 0 spiro atoms. The van der Waals surface area contributed by atoms with Crippen molar-refractivity contribution in [2.45, 2.75) is 19.4 Å². The summed E-state index contributed by atoms with van der Waals surface area (Å²) in [7, 11) is 0. The second-order valence-corrected chi connectivity index (χ2v) is 7.31. The fourth-order valence-electron chi connectivity index (χ4n) is 3.07. The predicted octanol–water partition coefficient (Wildman–Crippen LogP) is 3.74. The molecule has 1 aliphatic heterocycles. The molecule has 1 amide bonds. The van der Waals surface area contributed by atoms with E-state index in [0.717, 1.165) is 11.3 Å². The molecule has 8 heteroatoms. The summed E-state index contributed by atoms with van der Waals surface area (Å²) in [6.07, 6.45) is 3.97. The highest BCUT2D eigenvalue weighted by Gasteiger charge is 2.29. The first kappa shape index (κ1) is 18.0. The van der Waals surface area contributed by atoms with Crippen LogP contribution in [-0.2, 0) is 11.2 Å². The van der Waals surface area contributed by atoms with E-state index in [1.807, 2.05) is 41.8 Å². The van der Waals surface area contributed by atoms with Gasteiger partial charge in [0.25, 0.3) is 5.91 Å². The first-order valence-corrected chi connectivity index (χ1v) is 9.68. The lowest BCUT2D eigenvalue weighted by Crippen LogP contribution is -2.25. The summed E-state index contributed by atoms with van der Waals surface area (Å²) in [5.41, 5.74) is 2.15. The van der Waals surface area contributed by atoms with Crippen LogP contribution in [0.3, 0.4) is 0 Å². The molecule has 0 radical (unpaired) electrons. The number of carboxylic acid groups (broad SMARTS) is 1. The van der Waals surface area contributed by atoms with Crippen LogP contribution >= 0.6 is 11.3 Å².